The Kier molecular flexibility index (Phi) is 6.16. The summed E-state index contributed by atoms with van der Waals surface area (Å²) in [5.74, 6) is 0.853. The molecule has 0 aliphatic rings. The lowest BCUT2D eigenvalue weighted by molar-refractivity contribution is 0.320. The third-order valence-corrected chi connectivity index (χ3v) is 4.77. The van der Waals surface area contributed by atoms with Crippen molar-refractivity contribution in [1.29, 1.82) is 0 Å². The zero-order valence-corrected chi connectivity index (χ0v) is 14.9. The summed E-state index contributed by atoms with van der Waals surface area (Å²) in [4.78, 5) is 3.99. The second-order valence-corrected chi connectivity index (χ2v) is 6.85. The molecule has 0 fully saturated rings. The molecule has 2 rings (SSSR count). The quantitative estimate of drug-likeness (QED) is 0.792. The number of hydrogen-bond acceptors (Lipinski definition) is 5. The summed E-state index contributed by atoms with van der Waals surface area (Å²) in [6.07, 6.45) is 3.24. The van der Waals surface area contributed by atoms with Crippen LogP contribution in [0.4, 0.5) is 0 Å². The molecule has 0 radical (unpaired) electrons. The van der Waals surface area contributed by atoms with Crippen LogP contribution in [0.3, 0.4) is 0 Å². The number of ether oxygens (including phenoxy) is 2. The molecule has 0 saturated heterocycles. The predicted octanol–water partition coefficient (Wildman–Crippen LogP) is 2.67. The lowest BCUT2D eigenvalue weighted by Gasteiger charge is -2.15. The zero-order valence-electron chi connectivity index (χ0n) is 14.1. The molecule has 1 aromatic heterocycles. The van der Waals surface area contributed by atoms with Gasteiger partial charge in [-0.3, -0.25) is 4.98 Å². The Morgan fingerprint density at radius 1 is 1.04 bits per heavy atom. The van der Waals surface area contributed by atoms with Crippen LogP contribution < -0.4 is 14.2 Å². The van der Waals surface area contributed by atoms with E-state index in [1.54, 1.807) is 30.6 Å². The molecule has 0 bridgehead atoms. The van der Waals surface area contributed by atoms with Crippen molar-refractivity contribution in [3.63, 3.8) is 0 Å². The van der Waals surface area contributed by atoms with E-state index in [0.29, 0.717) is 24.7 Å². The number of nitrogens with one attached hydrogen (secondary N) is 1. The molecule has 1 aromatic carbocycles. The highest BCUT2D eigenvalue weighted by Crippen LogP contribution is 2.32. The number of nitrogens with zero attached hydrogens (tertiary/aromatic N) is 1. The van der Waals surface area contributed by atoms with Gasteiger partial charge in [-0.2, -0.15) is 0 Å². The van der Waals surface area contributed by atoms with Crippen molar-refractivity contribution in [2.75, 3.05) is 13.2 Å². The Balaban J connectivity index is 2.34. The van der Waals surface area contributed by atoms with Gasteiger partial charge in [0, 0.05) is 25.0 Å². The monoisotopic (exact) mass is 350 g/mol. The summed E-state index contributed by atoms with van der Waals surface area (Å²) >= 11 is 0. The highest BCUT2D eigenvalue weighted by Gasteiger charge is 2.22. The highest BCUT2D eigenvalue weighted by atomic mass is 32.2. The molecule has 0 aliphatic heterocycles. The number of benzene rings is 1. The van der Waals surface area contributed by atoms with Crippen LogP contribution in [0, 0.1) is 6.92 Å². The first-order valence-corrected chi connectivity index (χ1v) is 9.25. The molecule has 1 N–H and O–H groups in total. The fraction of sp³-hybridized carbons (Fsp3) is 0.353. The maximum absolute atomic E-state index is 12.7. The van der Waals surface area contributed by atoms with Gasteiger partial charge in [0.05, 0.1) is 13.2 Å². The van der Waals surface area contributed by atoms with Crippen molar-refractivity contribution >= 4 is 10.0 Å². The first-order valence-electron chi connectivity index (χ1n) is 7.76. The minimum Gasteiger partial charge on any atom is -0.494 e. The molecule has 0 amide bonds. The molecule has 2 aromatic rings. The Bertz CT molecular complexity index is 777. The first-order chi connectivity index (χ1) is 11.5. The minimum atomic E-state index is -3.74. The van der Waals surface area contributed by atoms with Gasteiger partial charge in [-0.25, -0.2) is 13.1 Å². The lowest BCUT2D eigenvalue weighted by atomic mass is 10.2. The van der Waals surface area contributed by atoms with Crippen LogP contribution in [0.2, 0.25) is 0 Å². The number of hydrogen-bond donors (Lipinski definition) is 1. The van der Waals surface area contributed by atoms with Crippen LogP contribution in [0.1, 0.15) is 25.0 Å². The van der Waals surface area contributed by atoms with E-state index in [9.17, 15) is 8.42 Å². The molecule has 1 heterocycles. The van der Waals surface area contributed by atoms with Gasteiger partial charge in [0.2, 0.25) is 10.0 Å². The summed E-state index contributed by atoms with van der Waals surface area (Å²) < 4.78 is 39.0. The molecule has 130 valence electrons. The molecular formula is C17H22N2O4S. The van der Waals surface area contributed by atoms with Crippen LogP contribution in [0.5, 0.6) is 11.5 Å². The van der Waals surface area contributed by atoms with Gasteiger partial charge in [-0.15, -0.1) is 0 Å². The molecule has 7 heteroatoms. The minimum absolute atomic E-state index is 0.0763. The van der Waals surface area contributed by atoms with Crippen molar-refractivity contribution in [2.45, 2.75) is 32.2 Å². The van der Waals surface area contributed by atoms with Gasteiger partial charge in [-0.1, -0.05) is 0 Å². The number of pyridine rings is 1. The zero-order chi connectivity index (χ0) is 17.6. The van der Waals surface area contributed by atoms with E-state index in [0.717, 1.165) is 11.1 Å². The molecule has 0 saturated carbocycles. The fourth-order valence-electron chi connectivity index (χ4n) is 2.19. The molecule has 6 nitrogen and oxygen atoms in total. The summed E-state index contributed by atoms with van der Waals surface area (Å²) in [5, 5.41) is 0. The van der Waals surface area contributed by atoms with Gasteiger partial charge >= 0.3 is 0 Å². The second kappa shape index (κ2) is 8.12. The Labute approximate surface area is 142 Å². The van der Waals surface area contributed by atoms with Gasteiger partial charge in [0.25, 0.3) is 0 Å². The van der Waals surface area contributed by atoms with Crippen LogP contribution >= 0.6 is 0 Å². The summed E-state index contributed by atoms with van der Waals surface area (Å²) in [6, 6.07) is 6.72. The SMILES string of the molecule is CCOc1cc(S(=O)(=O)NCc2ccncc2)c(OCC)cc1C. The maximum atomic E-state index is 12.7. The molecular weight excluding hydrogens is 328 g/mol. The highest BCUT2D eigenvalue weighted by molar-refractivity contribution is 7.89. The van der Waals surface area contributed by atoms with E-state index in [1.165, 1.54) is 6.07 Å². The maximum Gasteiger partial charge on any atom is 0.244 e. The summed E-state index contributed by atoms with van der Waals surface area (Å²) in [5.41, 5.74) is 1.65. The smallest absolute Gasteiger partial charge is 0.244 e. The summed E-state index contributed by atoms with van der Waals surface area (Å²) in [6.45, 7) is 6.53. The molecule has 0 atom stereocenters. The van der Waals surface area contributed by atoms with E-state index in [-0.39, 0.29) is 11.4 Å². The number of rotatable bonds is 8. The fourth-order valence-corrected chi connectivity index (χ4v) is 3.35. The van der Waals surface area contributed by atoms with Crippen molar-refractivity contribution in [3.05, 3.63) is 47.8 Å². The molecule has 0 spiro atoms. The van der Waals surface area contributed by atoms with Gasteiger partial charge < -0.3 is 9.47 Å². The Morgan fingerprint density at radius 3 is 2.29 bits per heavy atom. The predicted molar refractivity (Wildman–Crippen MR) is 91.8 cm³/mol. The number of aromatic nitrogens is 1. The normalized spacial score (nSPS) is 11.3. The van der Waals surface area contributed by atoms with Gasteiger partial charge in [0.1, 0.15) is 16.4 Å². The average Bonchev–Trinajstić information content (AvgIpc) is 2.57. The Morgan fingerprint density at radius 2 is 1.67 bits per heavy atom. The van der Waals surface area contributed by atoms with E-state index >= 15 is 0 Å². The third-order valence-electron chi connectivity index (χ3n) is 3.35. The van der Waals surface area contributed by atoms with Crippen molar-refractivity contribution in [3.8, 4) is 11.5 Å². The summed E-state index contributed by atoms with van der Waals surface area (Å²) in [7, 11) is -3.74. The second-order valence-electron chi connectivity index (χ2n) is 5.11. The van der Waals surface area contributed by atoms with E-state index < -0.39 is 10.0 Å². The van der Waals surface area contributed by atoms with E-state index in [4.69, 9.17) is 9.47 Å². The van der Waals surface area contributed by atoms with Crippen LogP contribution in [-0.2, 0) is 16.6 Å². The van der Waals surface area contributed by atoms with E-state index in [1.807, 2.05) is 20.8 Å². The molecule has 0 unspecified atom stereocenters. The number of sulfonamides is 1. The van der Waals surface area contributed by atoms with Gasteiger partial charge in [0.15, 0.2) is 0 Å². The molecule has 0 aliphatic carbocycles. The van der Waals surface area contributed by atoms with Crippen LogP contribution in [0.15, 0.2) is 41.6 Å². The first kappa shape index (κ1) is 18.2. The number of aryl methyl sites for hydroxylation is 1. The standard InChI is InChI=1S/C17H22N2O4S/c1-4-22-15-11-17(16(23-5-2)10-13(15)3)24(20,21)19-12-14-6-8-18-9-7-14/h6-11,19H,4-5,12H2,1-3H3. The molecule has 24 heavy (non-hydrogen) atoms. The van der Waals surface area contributed by atoms with Crippen LogP contribution in [-0.4, -0.2) is 26.6 Å². The van der Waals surface area contributed by atoms with Crippen molar-refractivity contribution < 1.29 is 17.9 Å². The van der Waals surface area contributed by atoms with Crippen molar-refractivity contribution in [2.24, 2.45) is 0 Å². The lowest BCUT2D eigenvalue weighted by Crippen LogP contribution is -2.24. The van der Waals surface area contributed by atoms with Crippen LogP contribution in [0.25, 0.3) is 0 Å². The third kappa shape index (κ3) is 4.46. The van der Waals surface area contributed by atoms with Crippen molar-refractivity contribution in [1.82, 2.24) is 9.71 Å². The topological polar surface area (TPSA) is 77.5 Å². The largest absolute Gasteiger partial charge is 0.494 e. The van der Waals surface area contributed by atoms with E-state index in [2.05, 4.69) is 9.71 Å². The van der Waals surface area contributed by atoms with Gasteiger partial charge in [-0.05, 0) is 50.1 Å². The Hall–Kier alpha value is -2.12. The average molecular weight is 350 g/mol.